The highest BCUT2D eigenvalue weighted by Gasteiger charge is 2.20. The minimum Gasteiger partial charge on any atom is -0.380 e. The van der Waals surface area contributed by atoms with Crippen LogP contribution in [0.1, 0.15) is 19.4 Å². The van der Waals surface area contributed by atoms with Gasteiger partial charge < -0.3 is 19.9 Å². The quantitative estimate of drug-likeness (QED) is 0.866. The van der Waals surface area contributed by atoms with E-state index in [0.717, 1.165) is 32.8 Å². The Labute approximate surface area is 143 Å². The van der Waals surface area contributed by atoms with Crippen LogP contribution in [-0.2, 0) is 11.3 Å². The molecule has 0 aliphatic carbocycles. The first-order valence-electron chi connectivity index (χ1n) is 8.34. The smallest absolute Gasteiger partial charge is 0.317 e. The van der Waals surface area contributed by atoms with Crippen LogP contribution in [0.25, 0.3) is 0 Å². The maximum absolute atomic E-state index is 12.6. The Morgan fingerprint density at radius 3 is 3.09 bits per heavy atom. The molecule has 2 heterocycles. The van der Waals surface area contributed by atoms with Crippen LogP contribution in [-0.4, -0.2) is 62.3 Å². The number of rotatable bonds is 6. The lowest BCUT2D eigenvalue weighted by Gasteiger charge is -2.26. The van der Waals surface area contributed by atoms with Gasteiger partial charge in [-0.1, -0.05) is 13.8 Å². The SMILES string of the molecule is CC(C)CN(Cc1ccsc1)C(=O)NCC1COCCN(C)C1. The van der Waals surface area contributed by atoms with E-state index < -0.39 is 0 Å². The largest absolute Gasteiger partial charge is 0.380 e. The summed E-state index contributed by atoms with van der Waals surface area (Å²) < 4.78 is 5.61. The summed E-state index contributed by atoms with van der Waals surface area (Å²) >= 11 is 1.67. The molecule has 1 aromatic rings. The van der Waals surface area contributed by atoms with Crippen molar-refractivity contribution in [2.75, 3.05) is 46.4 Å². The van der Waals surface area contributed by atoms with Crippen LogP contribution in [0, 0.1) is 11.8 Å². The minimum absolute atomic E-state index is 0.0248. The van der Waals surface area contributed by atoms with E-state index in [1.54, 1.807) is 11.3 Å². The first-order valence-corrected chi connectivity index (χ1v) is 9.29. The summed E-state index contributed by atoms with van der Waals surface area (Å²) in [6.07, 6.45) is 0. The van der Waals surface area contributed by atoms with E-state index in [9.17, 15) is 4.79 Å². The third-order valence-corrected chi connectivity index (χ3v) is 4.64. The van der Waals surface area contributed by atoms with Crippen molar-refractivity contribution in [1.82, 2.24) is 15.1 Å². The number of amides is 2. The molecule has 1 fully saturated rings. The Morgan fingerprint density at radius 1 is 1.57 bits per heavy atom. The van der Waals surface area contributed by atoms with Crippen LogP contribution in [0.4, 0.5) is 4.79 Å². The molecule has 2 rings (SSSR count). The van der Waals surface area contributed by atoms with Gasteiger partial charge in [-0.25, -0.2) is 4.79 Å². The van der Waals surface area contributed by atoms with E-state index in [2.05, 4.69) is 47.9 Å². The molecule has 0 radical (unpaired) electrons. The molecule has 1 saturated heterocycles. The highest BCUT2D eigenvalue weighted by Crippen LogP contribution is 2.12. The summed E-state index contributed by atoms with van der Waals surface area (Å²) in [5.41, 5.74) is 1.20. The maximum atomic E-state index is 12.6. The predicted octanol–water partition coefficient (Wildman–Crippen LogP) is 2.49. The molecule has 5 nitrogen and oxygen atoms in total. The third kappa shape index (κ3) is 6.49. The topological polar surface area (TPSA) is 44.8 Å². The Balaban J connectivity index is 1.86. The van der Waals surface area contributed by atoms with Gasteiger partial charge in [0.25, 0.3) is 0 Å². The number of likely N-dealkylation sites (N-methyl/N-ethyl adjacent to an activating group) is 1. The Kier molecular flexibility index (Phi) is 7.33. The second-order valence-corrected chi connectivity index (χ2v) is 7.58. The number of hydrogen-bond acceptors (Lipinski definition) is 4. The van der Waals surface area contributed by atoms with E-state index in [1.807, 2.05) is 4.90 Å². The van der Waals surface area contributed by atoms with Gasteiger partial charge in [0.05, 0.1) is 13.2 Å². The molecule has 0 saturated carbocycles. The lowest BCUT2D eigenvalue weighted by atomic mass is 10.1. The summed E-state index contributed by atoms with van der Waals surface area (Å²) in [7, 11) is 2.10. The zero-order chi connectivity index (χ0) is 16.7. The van der Waals surface area contributed by atoms with Crippen molar-refractivity contribution >= 4 is 17.4 Å². The number of carbonyl (C=O) groups excluding carboxylic acids is 1. The summed E-state index contributed by atoms with van der Waals surface area (Å²) in [4.78, 5) is 16.8. The summed E-state index contributed by atoms with van der Waals surface area (Å²) in [5.74, 6) is 0.806. The molecule has 23 heavy (non-hydrogen) atoms. The van der Waals surface area contributed by atoms with Crippen molar-refractivity contribution in [3.8, 4) is 0 Å². The normalized spacial score (nSPS) is 19.6. The molecule has 130 valence electrons. The Hall–Kier alpha value is -1.11. The summed E-state index contributed by atoms with van der Waals surface area (Å²) in [6.45, 7) is 9.82. The standard InChI is InChI=1S/C17H29N3O2S/c1-14(2)9-20(11-15-4-7-23-13-15)17(21)18-8-16-10-19(3)5-6-22-12-16/h4,7,13-14,16H,5-6,8-12H2,1-3H3,(H,18,21). The van der Waals surface area contributed by atoms with Crippen molar-refractivity contribution in [3.63, 3.8) is 0 Å². The van der Waals surface area contributed by atoms with Gasteiger partial charge in [0.2, 0.25) is 0 Å². The fraction of sp³-hybridized carbons (Fsp3) is 0.706. The van der Waals surface area contributed by atoms with Crippen molar-refractivity contribution in [2.45, 2.75) is 20.4 Å². The van der Waals surface area contributed by atoms with Crippen molar-refractivity contribution < 1.29 is 9.53 Å². The zero-order valence-electron chi connectivity index (χ0n) is 14.5. The molecule has 1 aliphatic rings. The third-order valence-electron chi connectivity index (χ3n) is 3.91. The first-order chi connectivity index (χ1) is 11.0. The van der Waals surface area contributed by atoms with Crippen molar-refractivity contribution in [2.24, 2.45) is 11.8 Å². The number of hydrogen-bond donors (Lipinski definition) is 1. The molecule has 1 atom stereocenters. The first kappa shape index (κ1) is 18.2. The fourth-order valence-electron chi connectivity index (χ4n) is 2.79. The van der Waals surface area contributed by atoms with E-state index in [-0.39, 0.29) is 6.03 Å². The highest BCUT2D eigenvalue weighted by atomic mass is 32.1. The molecule has 6 heteroatoms. The molecule has 1 N–H and O–H groups in total. The average molecular weight is 340 g/mol. The van der Waals surface area contributed by atoms with Gasteiger partial charge in [0.1, 0.15) is 0 Å². The van der Waals surface area contributed by atoms with Gasteiger partial charge >= 0.3 is 6.03 Å². The van der Waals surface area contributed by atoms with Gasteiger partial charge in [-0.05, 0) is 35.4 Å². The van der Waals surface area contributed by atoms with Crippen LogP contribution < -0.4 is 5.32 Å². The number of carbonyl (C=O) groups is 1. The van der Waals surface area contributed by atoms with Gasteiger partial charge in [-0.3, -0.25) is 0 Å². The number of urea groups is 1. The lowest BCUT2D eigenvalue weighted by Crippen LogP contribution is -2.44. The number of ether oxygens (including phenoxy) is 1. The van der Waals surface area contributed by atoms with Gasteiger partial charge in [0, 0.05) is 38.6 Å². The molecular weight excluding hydrogens is 310 g/mol. The van der Waals surface area contributed by atoms with Crippen LogP contribution in [0.2, 0.25) is 0 Å². The minimum atomic E-state index is 0.0248. The molecule has 1 aromatic heterocycles. The number of nitrogens with one attached hydrogen (secondary N) is 1. The van der Waals surface area contributed by atoms with Gasteiger partial charge in [-0.15, -0.1) is 0 Å². The predicted molar refractivity (Wildman–Crippen MR) is 94.8 cm³/mol. The number of thiophene rings is 1. The zero-order valence-corrected chi connectivity index (χ0v) is 15.3. The lowest BCUT2D eigenvalue weighted by molar-refractivity contribution is 0.121. The van der Waals surface area contributed by atoms with E-state index in [4.69, 9.17) is 4.74 Å². The van der Waals surface area contributed by atoms with Crippen LogP contribution >= 0.6 is 11.3 Å². The fourth-order valence-corrected chi connectivity index (χ4v) is 3.44. The molecular formula is C17H29N3O2S. The second-order valence-electron chi connectivity index (χ2n) is 6.80. The van der Waals surface area contributed by atoms with Crippen molar-refractivity contribution in [3.05, 3.63) is 22.4 Å². The van der Waals surface area contributed by atoms with Gasteiger partial charge in [-0.2, -0.15) is 11.3 Å². The van der Waals surface area contributed by atoms with Crippen LogP contribution in [0.3, 0.4) is 0 Å². The Morgan fingerprint density at radius 2 is 2.39 bits per heavy atom. The highest BCUT2D eigenvalue weighted by molar-refractivity contribution is 7.07. The van der Waals surface area contributed by atoms with E-state index >= 15 is 0 Å². The molecule has 0 bridgehead atoms. The second kappa shape index (κ2) is 9.25. The molecule has 1 aliphatic heterocycles. The summed E-state index contributed by atoms with van der Waals surface area (Å²) in [5, 5.41) is 7.26. The average Bonchev–Trinajstić information content (AvgIpc) is 2.91. The molecule has 0 aromatic carbocycles. The molecule has 1 unspecified atom stereocenters. The van der Waals surface area contributed by atoms with Gasteiger partial charge in [0.15, 0.2) is 0 Å². The number of nitrogens with zero attached hydrogens (tertiary/aromatic N) is 2. The maximum Gasteiger partial charge on any atom is 0.317 e. The van der Waals surface area contributed by atoms with Crippen LogP contribution in [0.5, 0.6) is 0 Å². The summed E-state index contributed by atoms with van der Waals surface area (Å²) in [6, 6.07) is 2.11. The van der Waals surface area contributed by atoms with E-state index in [0.29, 0.717) is 24.9 Å². The molecule has 2 amide bonds. The van der Waals surface area contributed by atoms with E-state index in [1.165, 1.54) is 5.56 Å². The van der Waals surface area contributed by atoms with Crippen molar-refractivity contribution in [1.29, 1.82) is 0 Å². The Bertz CT molecular complexity index is 464. The molecule has 0 spiro atoms. The monoisotopic (exact) mass is 339 g/mol. The van der Waals surface area contributed by atoms with Crippen LogP contribution in [0.15, 0.2) is 16.8 Å².